The molecule has 20 heavy (non-hydrogen) atoms. The Bertz CT molecular complexity index is 552. The summed E-state index contributed by atoms with van der Waals surface area (Å²) in [6.45, 7) is 3.83. The summed E-state index contributed by atoms with van der Waals surface area (Å²) in [5.74, 6) is -0.498. The van der Waals surface area contributed by atoms with E-state index in [1.807, 2.05) is 12.1 Å². The van der Waals surface area contributed by atoms with Gasteiger partial charge in [0.2, 0.25) is 0 Å². The van der Waals surface area contributed by atoms with E-state index in [2.05, 4.69) is 24.4 Å². The minimum atomic E-state index is -0.526. The van der Waals surface area contributed by atoms with Crippen molar-refractivity contribution in [1.82, 2.24) is 5.32 Å². The SMILES string of the molecule is CCNCc1cccc(SCc2cc(F)cc(F)c2)c1. The van der Waals surface area contributed by atoms with Gasteiger partial charge in [0.1, 0.15) is 11.6 Å². The normalized spacial score (nSPS) is 10.8. The summed E-state index contributed by atoms with van der Waals surface area (Å²) in [7, 11) is 0. The van der Waals surface area contributed by atoms with Crippen LogP contribution in [0.1, 0.15) is 18.1 Å². The van der Waals surface area contributed by atoms with Crippen LogP contribution in [0.25, 0.3) is 0 Å². The molecule has 0 spiro atoms. The predicted molar refractivity (Wildman–Crippen MR) is 79.7 cm³/mol. The molecule has 0 saturated heterocycles. The molecule has 0 aromatic heterocycles. The molecule has 0 bridgehead atoms. The molecular formula is C16H17F2NS. The topological polar surface area (TPSA) is 12.0 Å². The Morgan fingerprint density at radius 2 is 1.75 bits per heavy atom. The van der Waals surface area contributed by atoms with Crippen LogP contribution in [0.2, 0.25) is 0 Å². The van der Waals surface area contributed by atoms with Gasteiger partial charge >= 0.3 is 0 Å². The first-order valence-electron chi connectivity index (χ1n) is 6.55. The fraction of sp³-hybridized carbons (Fsp3) is 0.250. The fourth-order valence-corrected chi connectivity index (χ4v) is 2.79. The molecule has 2 aromatic carbocycles. The van der Waals surface area contributed by atoms with Gasteiger partial charge in [-0.3, -0.25) is 0 Å². The maximum atomic E-state index is 13.1. The van der Waals surface area contributed by atoms with Crippen molar-refractivity contribution in [2.75, 3.05) is 6.54 Å². The lowest BCUT2D eigenvalue weighted by Gasteiger charge is -2.06. The highest BCUT2D eigenvalue weighted by Gasteiger charge is 2.02. The van der Waals surface area contributed by atoms with Gasteiger partial charge in [0.15, 0.2) is 0 Å². The molecular weight excluding hydrogens is 276 g/mol. The first-order valence-corrected chi connectivity index (χ1v) is 7.53. The minimum Gasteiger partial charge on any atom is -0.313 e. The Morgan fingerprint density at radius 1 is 1.00 bits per heavy atom. The van der Waals surface area contributed by atoms with E-state index in [-0.39, 0.29) is 0 Å². The average molecular weight is 293 g/mol. The smallest absolute Gasteiger partial charge is 0.126 e. The Kier molecular flexibility index (Phi) is 5.56. The van der Waals surface area contributed by atoms with Gasteiger partial charge in [-0.2, -0.15) is 0 Å². The van der Waals surface area contributed by atoms with Crippen LogP contribution >= 0.6 is 11.8 Å². The number of benzene rings is 2. The van der Waals surface area contributed by atoms with E-state index in [0.29, 0.717) is 11.3 Å². The summed E-state index contributed by atoms with van der Waals surface area (Å²) < 4.78 is 26.2. The maximum absolute atomic E-state index is 13.1. The third-order valence-electron chi connectivity index (χ3n) is 2.81. The number of rotatable bonds is 6. The van der Waals surface area contributed by atoms with E-state index in [0.717, 1.165) is 24.1 Å². The summed E-state index contributed by atoms with van der Waals surface area (Å²) in [4.78, 5) is 1.10. The zero-order valence-corrected chi connectivity index (χ0v) is 12.1. The zero-order valence-electron chi connectivity index (χ0n) is 11.3. The van der Waals surface area contributed by atoms with Gasteiger partial charge in [0, 0.05) is 23.3 Å². The van der Waals surface area contributed by atoms with Gasteiger partial charge in [-0.1, -0.05) is 19.1 Å². The molecule has 0 unspecified atom stereocenters. The summed E-state index contributed by atoms with van der Waals surface area (Å²) >= 11 is 1.58. The van der Waals surface area contributed by atoms with Crippen LogP contribution in [-0.4, -0.2) is 6.54 Å². The van der Waals surface area contributed by atoms with Crippen LogP contribution in [0.5, 0.6) is 0 Å². The van der Waals surface area contributed by atoms with Crippen LogP contribution in [-0.2, 0) is 12.3 Å². The average Bonchev–Trinajstić information content (AvgIpc) is 2.42. The molecule has 0 fully saturated rings. The fourth-order valence-electron chi connectivity index (χ4n) is 1.88. The van der Waals surface area contributed by atoms with Gasteiger partial charge in [0.05, 0.1) is 0 Å². The quantitative estimate of drug-likeness (QED) is 0.794. The molecule has 4 heteroatoms. The van der Waals surface area contributed by atoms with E-state index in [9.17, 15) is 8.78 Å². The molecule has 0 aliphatic heterocycles. The number of nitrogens with one attached hydrogen (secondary N) is 1. The molecule has 0 aliphatic rings. The van der Waals surface area contributed by atoms with Crippen molar-refractivity contribution in [3.8, 4) is 0 Å². The van der Waals surface area contributed by atoms with E-state index >= 15 is 0 Å². The zero-order chi connectivity index (χ0) is 14.4. The number of hydrogen-bond donors (Lipinski definition) is 1. The number of thioether (sulfide) groups is 1. The van der Waals surface area contributed by atoms with Crippen LogP contribution in [0.4, 0.5) is 8.78 Å². The lowest BCUT2D eigenvalue weighted by molar-refractivity contribution is 0.581. The first-order chi connectivity index (χ1) is 9.67. The standard InChI is InChI=1S/C16H17F2NS/c1-2-19-10-12-4-3-5-16(8-12)20-11-13-6-14(17)9-15(18)7-13/h3-9,19H,2,10-11H2,1H3. The van der Waals surface area contributed by atoms with Crippen molar-refractivity contribution in [3.05, 3.63) is 65.2 Å². The van der Waals surface area contributed by atoms with Crippen molar-refractivity contribution < 1.29 is 8.78 Å². The molecule has 0 saturated carbocycles. The summed E-state index contributed by atoms with van der Waals surface area (Å²) in [6, 6.07) is 11.8. The third-order valence-corrected chi connectivity index (χ3v) is 3.87. The molecule has 2 aromatic rings. The lowest BCUT2D eigenvalue weighted by atomic mass is 10.2. The van der Waals surface area contributed by atoms with E-state index in [4.69, 9.17) is 0 Å². The number of hydrogen-bond acceptors (Lipinski definition) is 2. The Labute approximate surface area is 122 Å². The first kappa shape index (κ1) is 15.0. The molecule has 106 valence electrons. The summed E-state index contributed by atoms with van der Waals surface area (Å²) in [6.07, 6.45) is 0. The lowest BCUT2D eigenvalue weighted by Crippen LogP contribution is -2.11. The van der Waals surface area contributed by atoms with Gasteiger partial charge in [0.25, 0.3) is 0 Å². The summed E-state index contributed by atoms with van der Waals surface area (Å²) in [5.41, 5.74) is 1.87. The predicted octanol–water partition coefficient (Wildman–Crippen LogP) is 4.37. The monoisotopic (exact) mass is 293 g/mol. The van der Waals surface area contributed by atoms with Crippen LogP contribution < -0.4 is 5.32 Å². The summed E-state index contributed by atoms with van der Waals surface area (Å²) in [5, 5.41) is 3.27. The minimum absolute atomic E-state index is 0.526. The third kappa shape index (κ3) is 4.62. The molecule has 0 amide bonds. The van der Waals surface area contributed by atoms with Crippen molar-refractivity contribution in [3.63, 3.8) is 0 Å². The molecule has 0 aliphatic carbocycles. The molecule has 0 atom stereocenters. The van der Waals surface area contributed by atoms with Gasteiger partial charge in [-0.25, -0.2) is 8.78 Å². The Balaban J connectivity index is 1.99. The highest BCUT2D eigenvalue weighted by molar-refractivity contribution is 7.98. The second-order valence-corrected chi connectivity index (χ2v) is 5.54. The van der Waals surface area contributed by atoms with E-state index in [1.54, 1.807) is 11.8 Å². The van der Waals surface area contributed by atoms with Crippen molar-refractivity contribution in [2.24, 2.45) is 0 Å². The van der Waals surface area contributed by atoms with Crippen molar-refractivity contribution in [2.45, 2.75) is 24.1 Å². The number of halogens is 2. The second kappa shape index (κ2) is 7.41. The van der Waals surface area contributed by atoms with E-state index < -0.39 is 11.6 Å². The van der Waals surface area contributed by atoms with Crippen molar-refractivity contribution >= 4 is 11.8 Å². The highest BCUT2D eigenvalue weighted by atomic mass is 32.2. The van der Waals surface area contributed by atoms with Crippen LogP contribution in [0.15, 0.2) is 47.4 Å². The molecule has 1 N–H and O–H groups in total. The van der Waals surface area contributed by atoms with Crippen LogP contribution in [0.3, 0.4) is 0 Å². The highest BCUT2D eigenvalue weighted by Crippen LogP contribution is 2.24. The van der Waals surface area contributed by atoms with Gasteiger partial charge in [-0.05, 0) is 41.9 Å². The second-order valence-electron chi connectivity index (χ2n) is 4.49. The molecule has 2 rings (SSSR count). The largest absolute Gasteiger partial charge is 0.313 e. The van der Waals surface area contributed by atoms with Crippen molar-refractivity contribution in [1.29, 1.82) is 0 Å². The Hall–Kier alpha value is -1.39. The van der Waals surface area contributed by atoms with Crippen LogP contribution in [0, 0.1) is 11.6 Å². The molecule has 0 radical (unpaired) electrons. The van der Waals surface area contributed by atoms with E-state index in [1.165, 1.54) is 17.7 Å². The molecule has 0 heterocycles. The van der Waals surface area contributed by atoms with Gasteiger partial charge in [-0.15, -0.1) is 11.8 Å². The Morgan fingerprint density at radius 3 is 2.45 bits per heavy atom. The maximum Gasteiger partial charge on any atom is 0.126 e. The van der Waals surface area contributed by atoms with Gasteiger partial charge < -0.3 is 5.32 Å². The molecule has 1 nitrogen and oxygen atoms in total.